The lowest BCUT2D eigenvalue weighted by atomic mass is 10.0. The third-order valence-electron chi connectivity index (χ3n) is 4.98. The number of amides is 2. The molecule has 0 heterocycles. The van der Waals surface area contributed by atoms with Crippen LogP contribution in [0.3, 0.4) is 0 Å². The maximum atomic E-state index is 12.7. The van der Waals surface area contributed by atoms with E-state index in [-0.39, 0.29) is 24.4 Å². The van der Waals surface area contributed by atoms with Crippen LogP contribution in [0.25, 0.3) is 0 Å². The number of benzene rings is 3. The van der Waals surface area contributed by atoms with Gasteiger partial charge < -0.3 is 15.5 Å². The minimum Gasteiger partial charge on any atom is -0.376 e. The zero-order chi connectivity index (χ0) is 21.3. The van der Waals surface area contributed by atoms with Crippen LogP contribution in [0.4, 0.5) is 11.4 Å². The van der Waals surface area contributed by atoms with Crippen LogP contribution >= 0.6 is 0 Å². The van der Waals surface area contributed by atoms with E-state index in [9.17, 15) is 9.59 Å². The number of nitrogens with zero attached hydrogens (tertiary/aromatic N) is 1. The second-order valence-corrected chi connectivity index (χ2v) is 7.07. The van der Waals surface area contributed by atoms with E-state index in [0.29, 0.717) is 5.56 Å². The molecule has 1 atom stereocenters. The summed E-state index contributed by atoms with van der Waals surface area (Å²) in [6.45, 7) is 2.22. The molecule has 0 spiro atoms. The van der Waals surface area contributed by atoms with E-state index in [0.717, 1.165) is 23.4 Å². The fourth-order valence-electron chi connectivity index (χ4n) is 3.23. The van der Waals surface area contributed by atoms with Crippen molar-refractivity contribution in [1.82, 2.24) is 5.32 Å². The monoisotopic (exact) mass is 401 g/mol. The smallest absolute Gasteiger partial charge is 0.258 e. The summed E-state index contributed by atoms with van der Waals surface area (Å²) >= 11 is 0. The first-order valence-electron chi connectivity index (χ1n) is 10.1. The number of carbonyl (C=O) groups is 2. The Hall–Kier alpha value is -3.60. The van der Waals surface area contributed by atoms with Gasteiger partial charge >= 0.3 is 0 Å². The van der Waals surface area contributed by atoms with Crippen molar-refractivity contribution in [2.24, 2.45) is 0 Å². The minimum atomic E-state index is -0.0841. The van der Waals surface area contributed by atoms with Gasteiger partial charge in [-0.15, -0.1) is 0 Å². The number of rotatable bonds is 8. The van der Waals surface area contributed by atoms with Crippen molar-refractivity contribution in [1.29, 1.82) is 0 Å². The van der Waals surface area contributed by atoms with Crippen LogP contribution in [0, 0.1) is 0 Å². The first-order chi connectivity index (χ1) is 14.6. The number of hydrogen-bond acceptors (Lipinski definition) is 3. The van der Waals surface area contributed by atoms with E-state index in [4.69, 9.17) is 0 Å². The average molecular weight is 402 g/mol. The Morgan fingerprint density at radius 3 is 2.07 bits per heavy atom. The van der Waals surface area contributed by atoms with Crippen LogP contribution in [0.2, 0.25) is 0 Å². The molecular weight excluding hydrogens is 374 g/mol. The second-order valence-electron chi connectivity index (χ2n) is 7.07. The molecule has 0 fully saturated rings. The SMILES string of the molecule is CCC(NC(=O)CNc1ccc(C(=O)N(C)c2ccccc2)cc1)c1ccccc1. The zero-order valence-corrected chi connectivity index (χ0v) is 17.3. The summed E-state index contributed by atoms with van der Waals surface area (Å²) in [6.07, 6.45) is 0.821. The molecule has 154 valence electrons. The zero-order valence-electron chi connectivity index (χ0n) is 17.3. The normalized spacial score (nSPS) is 11.4. The Bertz CT molecular complexity index is 957. The summed E-state index contributed by atoms with van der Waals surface area (Å²) in [6, 6.07) is 26.6. The van der Waals surface area contributed by atoms with Gasteiger partial charge in [0, 0.05) is 24.0 Å². The molecule has 0 radical (unpaired) electrons. The van der Waals surface area contributed by atoms with E-state index < -0.39 is 0 Å². The van der Waals surface area contributed by atoms with Crippen LogP contribution in [-0.4, -0.2) is 25.4 Å². The first kappa shape index (κ1) is 21.1. The van der Waals surface area contributed by atoms with Gasteiger partial charge in [0.05, 0.1) is 12.6 Å². The number of hydrogen-bond donors (Lipinski definition) is 2. The van der Waals surface area contributed by atoms with Crippen molar-refractivity contribution in [3.63, 3.8) is 0 Å². The molecule has 3 aromatic rings. The van der Waals surface area contributed by atoms with Crippen LogP contribution in [0.1, 0.15) is 35.3 Å². The predicted molar refractivity (Wildman–Crippen MR) is 122 cm³/mol. The van der Waals surface area contributed by atoms with Gasteiger partial charge in [0.25, 0.3) is 5.91 Å². The van der Waals surface area contributed by atoms with E-state index >= 15 is 0 Å². The third kappa shape index (κ3) is 5.47. The van der Waals surface area contributed by atoms with E-state index in [1.54, 1.807) is 24.1 Å². The molecule has 0 aliphatic rings. The summed E-state index contributed by atoms with van der Waals surface area (Å²) in [7, 11) is 1.76. The molecule has 2 N–H and O–H groups in total. The molecule has 1 unspecified atom stereocenters. The lowest BCUT2D eigenvalue weighted by Crippen LogP contribution is -2.33. The van der Waals surface area contributed by atoms with E-state index in [2.05, 4.69) is 10.6 Å². The van der Waals surface area contributed by atoms with Gasteiger partial charge in [-0.3, -0.25) is 9.59 Å². The molecule has 3 aromatic carbocycles. The molecule has 0 bridgehead atoms. The van der Waals surface area contributed by atoms with Gasteiger partial charge in [-0.05, 0) is 48.4 Å². The Morgan fingerprint density at radius 1 is 0.867 bits per heavy atom. The molecule has 0 aliphatic carbocycles. The Labute approximate surface area is 177 Å². The largest absolute Gasteiger partial charge is 0.376 e. The van der Waals surface area contributed by atoms with Crippen LogP contribution in [-0.2, 0) is 4.79 Å². The third-order valence-corrected chi connectivity index (χ3v) is 4.98. The number of anilines is 2. The van der Waals surface area contributed by atoms with Crippen molar-refractivity contribution in [2.45, 2.75) is 19.4 Å². The van der Waals surface area contributed by atoms with Gasteiger partial charge in [-0.2, -0.15) is 0 Å². The highest BCUT2D eigenvalue weighted by molar-refractivity contribution is 6.05. The highest BCUT2D eigenvalue weighted by atomic mass is 16.2. The van der Waals surface area contributed by atoms with Gasteiger partial charge in [-0.25, -0.2) is 0 Å². The molecule has 0 saturated carbocycles. The van der Waals surface area contributed by atoms with Gasteiger partial charge in [0.15, 0.2) is 0 Å². The maximum absolute atomic E-state index is 12.7. The molecule has 30 heavy (non-hydrogen) atoms. The van der Waals surface area contributed by atoms with Crippen molar-refractivity contribution in [3.8, 4) is 0 Å². The summed E-state index contributed by atoms with van der Waals surface area (Å²) < 4.78 is 0. The fourth-order valence-corrected chi connectivity index (χ4v) is 3.23. The standard InChI is InChI=1S/C25H27N3O2/c1-3-23(19-10-6-4-7-11-19)27-24(29)18-26-21-16-14-20(15-17-21)25(30)28(2)22-12-8-5-9-13-22/h4-17,23,26H,3,18H2,1-2H3,(H,27,29). The highest BCUT2D eigenvalue weighted by Gasteiger charge is 2.14. The van der Waals surface area contributed by atoms with Crippen molar-refractivity contribution in [3.05, 3.63) is 96.1 Å². The number of carbonyl (C=O) groups excluding carboxylic acids is 2. The van der Waals surface area contributed by atoms with Gasteiger partial charge in [0.2, 0.25) is 5.91 Å². The Balaban J connectivity index is 1.54. The highest BCUT2D eigenvalue weighted by Crippen LogP contribution is 2.17. The molecule has 5 heteroatoms. The van der Waals surface area contributed by atoms with E-state index in [1.165, 1.54) is 0 Å². The molecule has 5 nitrogen and oxygen atoms in total. The average Bonchev–Trinajstić information content (AvgIpc) is 2.81. The van der Waals surface area contributed by atoms with Crippen LogP contribution in [0.15, 0.2) is 84.9 Å². The van der Waals surface area contributed by atoms with Gasteiger partial charge in [0.1, 0.15) is 0 Å². The topological polar surface area (TPSA) is 61.4 Å². The molecule has 3 rings (SSSR count). The Kier molecular flexibility index (Phi) is 7.22. The second kappa shape index (κ2) is 10.3. The fraction of sp³-hybridized carbons (Fsp3) is 0.200. The molecule has 0 saturated heterocycles. The van der Waals surface area contributed by atoms with Crippen LogP contribution in [0.5, 0.6) is 0 Å². The van der Waals surface area contributed by atoms with E-state index in [1.807, 2.05) is 79.7 Å². The molecule has 0 aliphatic heterocycles. The number of para-hydroxylation sites is 1. The van der Waals surface area contributed by atoms with Gasteiger partial charge in [-0.1, -0.05) is 55.5 Å². The van der Waals surface area contributed by atoms with Crippen molar-refractivity contribution < 1.29 is 9.59 Å². The van der Waals surface area contributed by atoms with Crippen molar-refractivity contribution >= 4 is 23.2 Å². The minimum absolute atomic E-state index is 0.00554. The summed E-state index contributed by atoms with van der Waals surface area (Å²) in [5.41, 5.74) is 3.31. The van der Waals surface area contributed by atoms with Crippen molar-refractivity contribution in [2.75, 3.05) is 23.8 Å². The lowest BCUT2D eigenvalue weighted by molar-refractivity contribution is -0.120. The summed E-state index contributed by atoms with van der Waals surface area (Å²) in [5.74, 6) is -0.159. The Morgan fingerprint density at radius 2 is 1.47 bits per heavy atom. The molecule has 0 aromatic heterocycles. The molecule has 2 amide bonds. The summed E-state index contributed by atoms with van der Waals surface area (Å²) in [4.78, 5) is 26.6. The maximum Gasteiger partial charge on any atom is 0.258 e. The van der Waals surface area contributed by atoms with Crippen LogP contribution < -0.4 is 15.5 Å². The first-order valence-corrected chi connectivity index (χ1v) is 10.1. The lowest BCUT2D eigenvalue weighted by Gasteiger charge is -2.18. The number of nitrogens with one attached hydrogen (secondary N) is 2. The quantitative estimate of drug-likeness (QED) is 0.578. The molecular formula is C25H27N3O2. The predicted octanol–water partition coefficient (Wildman–Crippen LogP) is 4.64. The summed E-state index contributed by atoms with van der Waals surface area (Å²) in [5, 5.41) is 6.17.